The van der Waals surface area contributed by atoms with Crippen molar-refractivity contribution in [2.24, 2.45) is 0 Å². The molecule has 0 saturated heterocycles. The molecule has 0 aliphatic rings. The minimum absolute atomic E-state index is 0.0726. The Kier molecular flexibility index (Phi) is 42.7. The Balaban J connectivity index is 4.59. The molecule has 0 bridgehead atoms. The molecule has 0 rings (SSSR count). The lowest BCUT2D eigenvalue weighted by molar-refractivity contribution is -0.151. The standard InChI is InChI=1S/C50H93NO5/c1-4-7-10-13-16-19-21-23-24-26-27-30-32-35-38-41-46(56-50(55)43-40-37-34-31-28-25-22-20-17-14-11-8-5-2)44-49(54)51-47(45-52)48(53)42-39-36-33-29-18-15-12-9-6-3/h8,11,14,17,20,22,46-48,52-53H,4-7,9-10,12-13,15-16,18-19,21,23-45H2,1-3H3,(H,51,54)/b11-8+,17-14+,22-20-. The lowest BCUT2D eigenvalue weighted by atomic mass is 10.0. The number of esters is 1. The van der Waals surface area contributed by atoms with E-state index < -0.39 is 18.2 Å². The maximum Gasteiger partial charge on any atom is 0.306 e. The number of aliphatic hydroxyl groups excluding tert-OH is 2. The molecule has 3 unspecified atom stereocenters. The molecule has 0 aromatic heterocycles. The van der Waals surface area contributed by atoms with Gasteiger partial charge in [0.25, 0.3) is 0 Å². The van der Waals surface area contributed by atoms with E-state index >= 15 is 0 Å². The van der Waals surface area contributed by atoms with Crippen LogP contribution in [0.3, 0.4) is 0 Å². The van der Waals surface area contributed by atoms with Crippen LogP contribution in [0.5, 0.6) is 0 Å². The first-order chi connectivity index (χ1) is 27.5. The van der Waals surface area contributed by atoms with E-state index in [4.69, 9.17) is 4.74 Å². The van der Waals surface area contributed by atoms with Gasteiger partial charge in [0.05, 0.1) is 25.2 Å². The van der Waals surface area contributed by atoms with Crippen molar-refractivity contribution >= 4 is 11.9 Å². The third-order valence-electron chi connectivity index (χ3n) is 11.0. The van der Waals surface area contributed by atoms with Gasteiger partial charge in [0.1, 0.15) is 6.10 Å². The average Bonchev–Trinajstić information content (AvgIpc) is 3.19. The Morgan fingerprint density at radius 3 is 1.45 bits per heavy atom. The van der Waals surface area contributed by atoms with Gasteiger partial charge in [0.15, 0.2) is 0 Å². The van der Waals surface area contributed by atoms with Crippen molar-refractivity contribution in [1.82, 2.24) is 5.32 Å². The smallest absolute Gasteiger partial charge is 0.306 e. The topological polar surface area (TPSA) is 95.9 Å². The maximum absolute atomic E-state index is 13.1. The minimum Gasteiger partial charge on any atom is -0.462 e. The zero-order valence-corrected chi connectivity index (χ0v) is 37.3. The molecular formula is C50H93NO5. The summed E-state index contributed by atoms with van der Waals surface area (Å²) >= 11 is 0. The van der Waals surface area contributed by atoms with Gasteiger partial charge in [-0.25, -0.2) is 0 Å². The van der Waals surface area contributed by atoms with Gasteiger partial charge < -0.3 is 20.3 Å². The van der Waals surface area contributed by atoms with E-state index in [0.29, 0.717) is 19.3 Å². The molecule has 0 fully saturated rings. The zero-order valence-electron chi connectivity index (χ0n) is 37.3. The predicted octanol–water partition coefficient (Wildman–Crippen LogP) is 14.1. The van der Waals surface area contributed by atoms with Crippen molar-refractivity contribution in [3.63, 3.8) is 0 Å². The van der Waals surface area contributed by atoms with Gasteiger partial charge in [-0.2, -0.15) is 0 Å². The lowest BCUT2D eigenvalue weighted by Gasteiger charge is -2.24. The molecule has 0 aliphatic carbocycles. The van der Waals surface area contributed by atoms with Gasteiger partial charge in [-0.15, -0.1) is 0 Å². The number of nitrogens with one attached hydrogen (secondary N) is 1. The van der Waals surface area contributed by atoms with Crippen molar-refractivity contribution in [3.8, 4) is 0 Å². The van der Waals surface area contributed by atoms with E-state index in [1.165, 1.54) is 122 Å². The summed E-state index contributed by atoms with van der Waals surface area (Å²) in [5.41, 5.74) is 0. The first-order valence-corrected chi connectivity index (χ1v) is 24.2. The van der Waals surface area contributed by atoms with Crippen LogP contribution < -0.4 is 5.32 Å². The van der Waals surface area contributed by atoms with Gasteiger partial charge in [-0.05, 0) is 44.9 Å². The molecule has 6 nitrogen and oxygen atoms in total. The molecule has 3 atom stereocenters. The van der Waals surface area contributed by atoms with Crippen LogP contribution in [0.4, 0.5) is 0 Å². The number of hydrogen-bond acceptors (Lipinski definition) is 5. The highest BCUT2D eigenvalue weighted by atomic mass is 16.5. The second-order valence-corrected chi connectivity index (χ2v) is 16.6. The summed E-state index contributed by atoms with van der Waals surface area (Å²) in [5.74, 6) is -0.490. The third-order valence-corrected chi connectivity index (χ3v) is 11.0. The summed E-state index contributed by atoms with van der Waals surface area (Å²) in [4.78, 5) is 26.0. The SMILES string of the molecule is CC/C=C/C=C/C=C\CCCCCCCC(=O)OC(CCCCCCCCCCCCCCCCC)CC(=O)NC(CO)C(O)CCCCCCCCCCC. The van der Waals surface area contributed by atoms with E-state index in [2.05, 4.69) is 62.5 Å². The van der Waals surface area contributed by atoms with Crippen molar-refractivity contribution in [3.05, 3.63) is 36.5 Å². The molecule has 0 aliphatic heterocycles. The molecule has 0 aromatic carbocycles. The molecular weight excluding hydrogens is 695 g/mol. The highest BCUT2D eigenvalue weighted by molar-refractivity contribution is 5.77. The lowest BCUT2D eigenvalue weighted by Crippen LogP contribution is -2.46. The number of ether oxygens (including phenoxy) is 1. The molecule has 6 heteroatoms. The molecule has 0 heterocycles. The fraction of sp³-hybridized carbons (Fsp3) is 0.840. The Labute approximate surface area is 347 Å². The number of hydrogen-bond donors (Lipinski definition) is 3. The number of allylic oxidation sites excluding steroid dienone is 6. The normalized spacial score (nSPS) is 13.6. The monoisotopic (exact) mass is 788 g/mol. The Bertz CT molecular complexity index is 930. The predicted molar refractivity (Wildman–Crippen MR) is 241 cm³/mol. The van der Waals surface area contributed by atoms with E-state index in [0.717, 1.165) is 77.0 Å². The average molecular weight is 788 g/mol. The van der Waals surface area contributed by atoms with Crippen LogP contribution in [0.25, 0.3) is 0 Å². The largest absolute Gasteiger partial charge is 0.462 e. The van der Waals surface area contributed by atoms with Gasteiger partial charge in [-0.3, -0.25) is 9.59 Å². The van der Waals surface area contributed by atoms with Crippen LogP contribution in [-0.2, 0) is 14.3 Å². The third kappa shape index (κ3) is 38.9. The van der Waals surface area contributed by atoms with Crippen molar-refractivity contribution < 1.29 is 24.5 Å². The van der Waals surface area contributed by atoms with E-state index in [1.807, 2.05) is 0 Å². The Hall–Kier alpha value is -1.92. The van der Waals surface area contributed by atoms with Crippen LogP contribution in [0.15, 0.2) is 36.5 Å². The molecule has 1 amide bonds. The number of carbonyl (C=O) groups excluding carboxylic acids is 2. The second kappa shape index (κ2) is 44.2. The quantitative estimate of drug-likeness (QED) is 0.0325. The number of unbranched alkanes of at least 4 members (excludes halogenated alkanes) is 27. The van der Waals surface area contributed by atoms with Crippen molar-refractivity contribution in [2.45, 2.75) is 264 Å². The first kappa shape index (κ1) is 54.1. The number of aliphatic hydroxyl groups is 2. The summed E-state index contributed by atoms with van der Waals surface area (Å²) in [6.45, 7) is 6.33. The zero-order chi connectivity index (χ0) is 41.0. The fourth-order valence-corrected chi connectivity index (χ4v) is 7.37. The summed E-state index contributed by atoms with van der Waals surface area (Å²) in [6.07, 6.45) is 50.6. The molecule has 0 radical (unpaired) electrons. The maximum atomic E-state index is 13.1. The second-order valence-electron chi connectivity index (χ2n) is 16.6. The molecule has 0 spiro atoms. The molecule has 0 saturated carbocycles. The highest BCUT2D eigenvalue weighted by Crippen LogP contribution is 2.18. The van der Waals surface area contributed by atoms with Crippen LogP contribution >= 0.6 is 0 Å². The first-order valence-electron chi connectivity index (χ1n) is 24.2. The number of carbonyl (C=O) groups is 2. The Morgan fingerprint density at radius 1 is 0.536 bits per heavy atom. The Morgan fingerprint density at radius 2 is 0.964 bits per heavy atom. The summed E-state index contributed by atoms with van der Waals surface area (Å²) in [7, 11) is 0. The summed E-state index contributed by atoms with van der Waals surface area (Å²) < 4.78 is 5.91. The number of amides is 1. The van der Waals surface area contributed by atoms with Crippen LogP contribution in [0.2, 0.25) is 0 Å². The summed E-state index contributed by atoms with van der Waals surface area (Å²) in [5, 5.41) is 23.6. The fourth-order valence-electron chi connectivity index (χ4n) is 7.37. The highest BCUT2D eigenvalue weighted by Gasteiger charge is 2.24. The molecule has 328 valence electrons. The van der Waals surface area contributed by atoms with Gasteiger partial charge in [-0.1, -0.05) is 224 Å². The van der Waals surface area contributed by atoms with E-state index in [9.17, 15) is 19.8 Å². The van der Waals surface area contributed by atoms with Gasteiger partial charge >= 0.3 is 5.97 Å². The van der Waals surface area contributed by atoms with Crippen LogP contribution in [0, 0.1) is 0 Å². The summed E-state index contributed by atoms with van der Waals surface area (Å²) in [6, 6.07) is -0.700. The van der Waals surface area contributed by atoms with Crippen LogP contribution in [0.1, 0.15) is 245 Å². The molecule has 56 heavy (non-hydrogen) atoms. The molecule has 3 N–H and O–H groups in total. The minimum atomic E-state index is -0.786. The van der Waals surface area contributed by atoms with Gasteiger partial charge in [0.2, 0.25) is 5.91 Å². The van der Waals surface area contributed by atoms with Crippen molar-refractivity contribution in [1.29, 1.82) is 0 Å². The van der Waals surface area contributed by atoms with Crippen molar-refractivity contribution in [2.75, 3.05) is 6.61 Å². The van der Waals surface area contributed by atoms with Gasteiger partial charge in [0, 0.05) is 6.42 Å². The molecule has 0 aromatic rings. The van der Waals surface area contributed by atoms with E-state index in [-0.39, 0.29) is 24.9 Å². The number of rotatable bonds is 43. The van der Waals surface area contributed by atoms with Crippen LogP contribution in [-0.4, -0.2) is 46.9 Å². The van der Waals surface area contributed by atoms with E-state index in [1.54, 1.807) is 0 Å².